The SMILES string of the molecule is CCc1ncnc(N2CC(CC(=O)O)C2)c1F. The monoisotopic (exact) mass is 239 g/mol. The molecule has 1 N–H and O–H groups in total. The van der Waals surface area contributed by atoms with Crippen LogP contribution in [0.3, 0.4) is 0 Å². The number of halogens is 1. The van der Waals surface area contributed by atoms with Crippen molar-refractivity contribution in [2.75, 3.05) is 18.0 Å². The van der Waals surface area contributed by atoms with Gasteiger partial charge in [-0.3, -0.25) is 4.79 Å². The summed E-state index contributed by atoms with van der Waals surface area (Å²) in [6.45, 7) is 2.92. The van der Waals surface area contributed by atoms with Crippen molar-refractivity contribution in [2.45, 2.75) is 19.8 Å². The number of carboxylic acids is 1. The zero-order valence-electron chi connectivity index (χ0n) is 9.56. The van der Waals surface area contributed by atoms with Gasteiger partial charge in [0.1, 0.15) is 6.33 Å². The normalized spacial score (nSPS) is 15.8. The standard InChI is InChI=1S/C11H14FN3O2/c1-2-8-10(12)11(14-6-13-8)15-4-7(5-15)3-9(16)17/h6-7H,2-5H2,1H3,(H,16,17). The molecule has 1 fully saturated rings. The topological polar surface area (TPSA) is 66.3 Å². The van der Waals surface area contributed by atoms with Gasteiger partial charge < -0.3 is 10.0 Å². The Balaban J connectivity index is 2.04. The Morgan fingerprint density at radius 3 is 2.88 bits per heavy atom. The highest BCUT2D eigenvalue weighted by molar-refractivity contribution is 5.67. The Morgan fingerprint density at radius 2 is 2.29 bits per heavy atom. The number of hydrogen-bond acceptors (Lipinski definition) is 4. The summed E-state index contributed by atoms with van der Waals surface area (Å²) >= 11 is 0. The van der Waals surface area contributed by atoms with E-state index in [9.17, 15) is 9.18 Å². The number of aliphatic carboxylic acids is 1. The first kappa shape index (κ1) is 11.8. The van der Waals surface area contributed by atoms with Crippen LogP contribution in [0.1, 0.15) is 19.0 Å². The fraction of sp³-hybridized carbons (Fsp3) is 0.545. The van der Waals surface area contributed by atoms with E-state index in [0.29, 0.717) is 31.0 Å². The minimum absolute atomic E-state index is 0.0898. The third kappa shape index (κ3) is 2.35. The van der Waals surface area contributed by atoms with Crippen LogP contribution in [0.4, 0.5) is 10.2 Å². The molecule has 2 heterocycles. The Hall–Kier alpha value is -1.72. The van der Waals surface area contributed by atoms with Gasteiger partial charge in [-0.25, -0.2) is 14.4 Å². The molecular formula is C11H14FN3O2. The zero-order valence-corrected chi connectivity index (χ0v) is 9.56. The Morgan fingerprint density at radius 1 is 1.59 bits per heavy atom. The molecule has 5 nitrogen and oxygen atoms in total. The number of carboxylic acid groups (broad SMARTS) is 1. The van der Waals surface area contributed by atoms with Crippen molar-refractivity contribution in [3.8, 4) is 0 Å². The number of carbonyl (C=O) groups is 1. The van der Waals surface area contributed by atoms with E-state index in [2.05, 4.69) is 9.97 Å². The lowest BCUT2D eigenvalue weighted by molar-refractivity contribution is -0.138. The second kappa shape index (κ2) is 4.65. The van der Waals surface area contributed by atoms with Crippen LogP contribution in [0.25, 0.3) is 0 Å². The van der Waals surface area contributed by atoms with Gasteiger partial charge in [0.2, 0.25) is 0 Å². The summed E-state index contributed by atoms with van der Waals surface area (Å²) < 4.78 is 13.9. The average Bonchev–Trinajstić information content (AvgIpc) is 2.24. The van der Waals surface area contributed by atoms with Crippen molar-refractivity contribution in [2.24, 2.45) is 5.92 Å². The minimum atomic E-state index is -0.813. The fourth-order valence-corrected chi connectivity index (χ4v) is 1.98. The molecule has 2 rings (SSSR count). The van der Waals surface area contributed by atoms with Crippen LogP contribution in [-0.4, -0.2) is 34.1 Å². The van der Waals surface area contributed by atoms with E-state index in [0.717, 1.165) is 0 Å². The van der Waals surface area contributed by atoms with E-state index in [1.807, 2.05) is 6.92 Å². The first-order valence-corrected chi connectivity index (χ1v) is 5.58. The summed E-state index contributed by atoms with van der Waals surface area (Å²) in [5.41, 5.74) is 0.400. The van der Waals surface area contributed by atoms with Gasteiger partial charge >= 0.3 is 5.97 Å². The van der Waals surface area contributed by atoms with Crippen molar-refractivity contribution in [1.29, 1.82) is 0 Å². The predicted molar refractivity (Wildman–Crippen MR) is 59.3 cm³/mol. The highest BCUT2D eigenvalue weighted by Gasteiger charge is 2.31. The molecule has 6 heteroatoms. The fourth-order valence-electron chi connectivity index (χ4n) is 1.98. The molecule has 0 saturated carbocycles. The second-order valence-corrected chi connectivity index (χ2v) is 4.18. The van der Waals surface area contributed by atoms with Crippen LogP contribution in [0, 0.1) is 11.7 Å². The number of aromatic nitrogens is 2. The Bertz CT molecular complexity index is 433. The maximum atomic E-state index is 13.9. The molecule has 1 aromatic heterocycles. The van der Waals surface area contributed by atoms with E-state index >= 15 is 0 Å². The largest absolute Gasteiger partial charge is 0.481 e. The third-order valence-electron chi connectivity index (χ3n) is 2.90. The molecule has 0 atom stereocenters. The van der Waals surface area contributed by atoms with Crippen molar-refractivity contribution in [3.63, 3.8) is 0 Å². The molecule has 92 valence electrons. The molecule has 0 aromatic carbocycles. The molecule has 1 aromatic rings. The maximum Gasteiger partial charge on any atom is 0.303 e. The van der Waals surface area contributed by atoms with E-state index < -0.39 is 5.97 Å². The number of hydrogen-bond donors (Lipinski definition) is 1. The molecule has 1 aliphatic heterocycles. The quantitative estimate of drug-likeness (QED) is 0.851. The van der Waals surface area contributed by atoms with Gasteiger partial charge in [0.25, 0.3) is 0 Å². The molecule has 17 heavy (non-hydrogen) atoms. The van der Waals surface area contributed by atoms with E-state index in [-0.39, 0.29) is 18.2 Å². The van der Waals surface area contributed by atoms with Crippen LogP contribution < -0.4 is 4.90 Å². The summed E-state index contributed by atoms with van der Waals surface area (Å²) in [5, 5.41) is 8.62. The summed E-state index contributed by atoms with van der Waals surface area (Å²) in [5.74, 6) is -0.818. The number of anilines is 1. The van der Waals surface area contributed by atoms with Gasteiger partial charge in [-0.15, -0.1) is 0 Å². The van der Waals surface area contributed by atoms with Crippen LogP contribution in [0.15, 0.2) is 6.33 Å². The molecule has 1 saturated heterocycles. The van der Waals surface area contributed by atoms with Crippen LogP contribution in [-0.2, 0) is 11.2 Å². The summed E-state index contributed by atoms with van der Waals surface area (Å²) in [4.78, 5) is 20.0. The van der Waals surface area contributed by atoms with Gasteiger partial charge in [0.05, 0.1) is 12.1 Å². The second-order valence-electron chi connectivity index (χ2n) is 4.18. The van der Waals surface area contributed by atoms with E-state index in [1.165, 1.54) is 6.33 Å². The molecule has 0 bridgehead atoms. The lowest BCUT2D eigenvalue weighted by Gasteiger charge is -2.39. The molecule has 0 aliphatic carbocycles. The minimum Gasteiger partial charge on any atom is -0.481 e. The van der Waals surface area contributed by atoms with Crippen molar-refractivity contribution < 1.29 is 14.3 Å². The molecule has 0 unspecified atom stereocenters. The molecule has 0 amide bonds. The number of aryl methyl sites for hydroxylation is 1. The highest BCUT2D eigenvalue weighted by atomic mass is 19.1. The van der Waals surface area contributed by atoms with Crippen LogP contribution in [0.2, 0.25) is 0 Å². The predicted octanol–water partition coefficient (Wildman–Crippen LogP) is 1.09. The molecule has 1 aliphatic rings. The van der Waals surface area contributed by atoms with Gasteiger partial charge in [0, 0.05) is 19.0 Å². The summed E-state index contributed by atoms with van der Waals surface area (Å²) in [7, 11) is 0. The maximum absolute atomic E-state index is 13.9. The van der Waals surface area contributed by atoms with Gasteiger partial charge in [-0.2, -0.15) is 0 Å². The summed E-state index contributed by atoms with van der Waals surface area (Å²) in [6.07, 6.45) is 2.00. The zero-order chi connectivity index (χ0) is 12.4. The van der Waals surface area contributed by atoms with Crippen LogP contribution >= 0.6 is 0 Å². The Kier molecular flexibility index (Phi) is 3.21. The third-order valence-corrected chi connectivity index (χ3v) is 2.90. The van der Waals surface area contributed by atoms with Crippen LogP contribution in [0.5, 0.6) is 0 Å². The van der Waals surface area contributed by atoms with Crippen molar-refractivity contribution in [1.82, 2.24) is 9.97 Å². The molecular weight excluding hydrogens is 225 g/mol. The first-order chi connectivity index (χ1) is 8.11. The first-order valence-electron chi connectivity index (χ1n) is 5.58. The van der Waals surface area contributed by atoms with Gasteiger partial charge in [0.15, 0.2) is 11.6 Å². The summed E-state index contributed by atoms with van der Waals surface area (Å²) in [6, 6.07) is 0. The molecule has 0 spiro atoms. The van der Waals surface area contributed by atoms with Crippen molar-refractivity contribution >= 4 is 11.8 Å². The smallest absolute Gasteiger partial charge is 0.303 e. The van der Waals surface area contributed by atoms with E-state index in [1.54, 1.807) is 4.90 Å². The highest BCUT2D eigenvalue weighted by Crippen LogP contribution is 2.27. The van der Waals surface area contributed by atoms with Gasteiger partial charge in [-0.05, 0) is 6.42 Å². The van der Waals surface area contributed by atoms with E-state index in [4.69, 9.17) is 5.11 Å². The lowest BCUT2D eigenvalue weighted by Crippen LogP contribution is -2.48. The number of nitrogens with zero attached hydrogens (tertiary/aromatic N) is 3. The Labute approximate surface area is 98.3 Å². The van der Waals surface area contributed by atoms with Gasteiger partial charge in [-0.1, -0.05) is 6.92 Å². The lowest BCUT2D eigenvalue weighted by atomic mass is 9.96. The van der Waals surface area contributed by atoms with Crippen molar-refractivity contribution in [3.05, 3.63) is 17.8 Å². The average molecular weight is 239 g/mol. The number of rotatable bonds is 4. The molecule has 0 radical (unpaired) electrons.